The molecule has 2 rings (SSSR count). The van der Waals surface area contributed by atoms with Crippen LogP contribution in [0.5, 0.6) is 5.75 Å². The maximum atomic E-state index is 12.2. The van der Waals surface area contributed by atoms with E-state index in [0.717, 1.165) is 12.0 Å². The predicted octanol–water partition coefficient (Wildman–Crippen LogP) is 0.946. The highest BCUT2D eigenvalue weighted by molar-refractivity contribution is 5.82. The van der Waals surface area contributed by atoms with Crippen molar-refractivity contribution in [1.82, 2.24) is 5.32 Å². The first-order valence-electron chi connectivity index (χ1n) is 6.88. The number of nitrogens with two attached hydrogens (primary N) is 1. The van der Waals surface area contributed by atoms with Gasteiger partial charge >= 0.3 is 0 Å². The number of ether oxygens (including phenoxy) is 1. The molecule has 1 heterocycles. The summed E-state index contributed by atoms with van der Waals surface area (Å²) in [6.07, 6.45) is 1.23. The van der Waals surface area contributed by atoms with Gasteiger partial charge in [-0.3, -0.25) is 4.79 Å². The van der Waals surface area contributed by atoms with Crippen LogP contribution in [-0.4, -0.2) is 35.3 Å². The lowest BCUT2D eigenvalue weighted by atomic mass is 9.93. The zero-order valence-electron chi connectivity index (χ0n) is 11.9. The van der Waals surface area contributed by atoms with E-state index in [2.05, 4.69) is 5.32 Å². The summed E-state index contributed by atoms with van der Waals surface area (Å²) in [5.74, 6) is 0.0362. The molecule has 5 nitrogen and oxygen atoms in total. The summed E-state index contributed by atoms with van der Waals surface area (Å²) in [4.78, 5) is 12.2. The predicted molar refractivity (Wildman–Crippen MR) is 76.4 cm³/mol. The molecule has 0 aromatic heterocycles. The first-order valence-corrected chi connectivity index (χ1v) is 6.88. The van der Waals surface area contributed by atoms with Crippen molar-refractivity contribution >= 4 is 5.91 Å². The Morgan fingerprint density at radius 3 is 2.75 bits per heavy atom. The third-order valence-corrected chi connectivity index (χ3v) is 4.02. The number of carbonyl (C=O) groups is 1. The molecule has 20 heavy (non-hydrogen) atoms. The molecular formula is C15H22N2O3. The smallest absolute Gasteiger partial charge is 0.237 e. The molecular weight excluding hydrogens is 256 g/mol. The van der Waals surface area contributed by atoms with Gasteiger partial charge in [0.1, 0.15) is 5.75 Å². The number of hydrogen-bond acceptors (Lipinski definition) is 4. The van der Waals surface area contributed by atoms with Gasteiger partial charge in [0.05, 0.1) is 17.7 Å². The van der Waals surface area contributed by atoms with E-state index in [0.29, 0.717) is 13.0 Å². The summed E-state index contributed by atoms with van der Waals surface area (Å²) in [7, 11) is 0. The number of nitrogens with one attached hydrogen (secondary N) is 1. The molecule has 110 valence electrons. The third kappa shape index (κ3) is 3.29. The van der Waals surface area contributed by atoms with Crippen molar-refractivity contribution in [2.75, 3.05) is 6.61 Å². The largest absolute Gasteiger partial charge is 0.508 e. The van der Waals surface area contributed by atoms with Crippen molar-refractivity contribution < 1.29 is 14.6 Å². The van der Waals surface area contributed by atoms with Gasteiger partial charge in [0.15, 0.2) is 0 Å². The van der Waals surface area contributed by atoms with E-state index in [4.69, 9.17) is 10.5 Å². The highest BCUT2D eigenvalue weighted by Crippen LogP contribution is 2.25. The van der Waals surface area contributed by atoms with E-state index in [-0.39, 0.29) is 23.3 Å². The fraction of sp³-hybridized carbons (Fsp3) is 0.533. The number of amides is 1. The molecule has 4 N–H and O–H groups in total. The standard InChI is InChI=1S/C15H22N2O3/c1-10-15(2,7-8-20-10)17-14(19)13(16)9-11-3-5-12(18)6-4-11/h3-6,10,13,18H,7-9,16H2,1-2H3,(H,17,19). The van der Waals surface area contributed by atoms with Gasteiger partial charge in [-0.1, -0.05) is 12.1 Å². The van der Waals surface area contributed by atoms with Crippen molar-refractivity contribution in [3.8, 4) is 5.75 Å². The number of carbonyl (C=O) groups excluding carboxylic acids is 1. The average Bonchev–Trinajstić information content (AvgIpc) is 2.72. The summed E-state index contributed by atoms with van der Waals surface area (Å²) in [5.41, 5.74) is 6.53. The normalized spacial score (nSPS) is 27.2. The Kier molecular flexibility index (Phi) is 4.30. The van der Waals surface area contributed by atoms with Crippen LogP contribution in [0.1, 0.15) is 25.8 Å². The molecule has 0 saturated carbocycles. The van der Waals surface area contributed by atoms with Crippen molar-refractivity contribution in [2.24, 2.45) is 5.73 Å². The van der Waals surface area contributed by atoms with Crippen LogP contribution in [0.4, 0.5) is 0 Å². The Morgan fingerprint density at radius 2 is 2.20 bits per heavy atom. The number of aromatic hydroxyl groups is 1. The van der Waals surface area contributed by atoms with Crippen molar-refractivity contribution in [2.45, 2.75) is 44.4 Å². The number of benzene rings is 1. The van der Waals surface area contributed by atoms with Crippen LogP contribution in [0.15, 0.2) is 24.3 Å². The topological polar surface area (TPSA) is 84.6 Å². The lowest BCUT2D eigenvalue weighted by molar-refractivity contribution is -0.124. The van der Waals surface area contributed by atoms with Gasteiger partial charge in [-0.2, -0.15) is 0 Å². The minimum atomic E-state index is -0.607. The SMILES string of the molecule is CC1OCCC1(C)NC(=O)C(N)Cc1ccc(O)cc1. The second-order valence-electron chi connectivity index (χ2n) is 5.65. The lowest BCUT2D eigenvalue weighted by Crippen LogP contribution is -2.55. The molecule has 1 amide bonds. The maximum absolute atomic E-state index is 12.2. The molecule has 3 unspecified atom stereocenters. The monoisotopic (exact) mass is 278 g/mol. The molecule has 1 aliphatic heterocycles. The average molecular weight is 278 g/mol. The molecule has 0 aliphatic carbocycles. The van der Waals surface area contributed by atoms with E-state index >= 15 is 0 Å². The zero-order valence-corrected chi connectivity index (χ0v) is 11.9. The molecule has 0 bridgehead atoms. The number of phenolic OH excluding ortho intramolecular Hbond substituents is 1. The number of rotatable bonds is 4. The molecule has 1 saturated heterocycles. The van der Waals surface area contributed by atoms with Crippen LogP contribution in [-0.2, 0) is 16.0 Å². The minimum absolute atomic E-state index is 0.00711. The molecule has 1 aromatic carbocycles. The third-order valence-electron chi connectivity index (χ3n) is 4.02. The van der Waals surface area contributed by atoms with E-state index in [9.17, 15) is 9.90 Å². The molecule has 0 radical (unpaired) electrons. The molecule has 1 aromatic rings. The van der Waals surface area contributed by atoms with Crippen LogP contribution >= 0.6 is 0 Å². The highest BCUT2D eigenvalue weighted by atomic mass is 16.5. The van der Waals surface area contributed by atoms with Crippen molar-refractivity contribution in [1.29, 1.82) is 0 Å². The van der Waals surface area contributed by atoms with E-state index in [1.165, 1.54) is 0 Å². The summed E-state index contributed by atoms with van der Waals surface area (Å²) < 4.78 is 5.50. The van der Waals surface area contributed by atoms with Crippen LogP contribution in [0.3, 0.4) is 0 Å². The van der Waals surface area contributed by atoms with E-state index in [1.807, 2.05) is 13.8 Å². The fourth-order valence-corrected chi connectivity index (χ4v) is 2.35. The van der Waals surface area contributed by atoms with Crippen LogP contribution < -0.4 is 11.1 Å². The summed E-state index contributed by atoms with van der Waals surface area (Å²) >= 11 is 0. The quantitative estimate of drug-likeness (QED) is 0.765. The second-order valence-corrected chi connectivity index (χ2v) is 5.65. The van der Waals surface area contributed by atoms with Crippen LogP contribution in [0.25, 0.3) is 0 Å². The van der Waals surface area contributed by atoms with Crippen LogP contribution in [0, 0.1) is 0 Å². The van der Waals surface area contributed by atoms with Gasteiger partial charge in [0.25, 0.3) is 0 Å². The van der Waals surface area contributed by atoms with Gasteiger partial charge in [-0.05, 0) is 44.4 Å². The summed E-state index contributed by atoms with van der Waals surface area (Å²) in [6, 6.07) is 6.11. The van der Waals surface area contributed by atoms with Crippen molar-refractivity contribution in [3.63, 3.8) is 0 Å². The van der Waals surface area contributed by atoms with Gasteiger partial charge in [0, 0.05) is 6.61 Å². The Morgan fingerprint density at radius 1 is 1.55 bits per heavy atom. The number of phenols is 1. The molecule has 0 spiro atoms. The molecule has 3 atom stereocenters. The minimum Gasteiger partial charge on any atom is -0.508 e. The van der Waals surface area contributed by atoms with E-state index in [1.54, 1.807) is 24.3 Å². The Balaban J connectivity index is 1.93. The Hall–Kier alpha value is -1.59. The molecule has 5 heteroatoms. The number of hydrogen-bond donors (Lipinski definition) is 3. The Labute approximate surface area is 119 Å². The maximum Gasteiger partial charge on any atom is 0.237 e. The fourth-order valence-electron chi connectivity index (χ4n) is 2.35. The molecule has 1 aliphatic rings. The van der Waals surface area contributed by atoms with E-state index < -0.39 is 6.04 Å². The van der Waals surface area contributed by atoms with Gasteiger partial charge in [0.2, 0.25) is 5.91 Å². The Bertz CT molecular complexity index is 475. The van der Waals surface area contributed by atoms with Crippen LogP contribution in [0.2, 0.25) is 0 Å². The molecule has 1 fully saturated rings. The first-order chi connectivity index (χ1) is 9.40. The second kappa shape index (κ2) is 5.81. The zero-order chi connectivity index (χ0) is 14.8. The van der Waals surface area contributed by atoms with Crippen molar-refractivity contribution in [3.05, 3.63) is 29.8 Å². The highest BCUT2D eigenvalue weighted by Gasteiger charge is 2.39. The van der Waals surface area contributed by atoms with Gasteiger partial charge < -0.3 is 20.9 Å². The summed E-state index contributed by atoms with van der Waals surface area (Å²) in [5, 5.41) is 12.2. The van der Waals surface area contributed by atoms with Gasteiger partial charge in [-0.15, -0.1) is 0 Å². The van der Waals surface area contributed by atoms with Gasteiger partial charge in [-0.25, -0.2) is 0 Å². The lowest BCUT2D eigenvalue weighted by Gasteiger charge is -2.30. The summed E-state index contributed by atoms with van der Waals surface area (Å²) in [6.45, 7) is 4.60. The first kappa shape index (κ1) is 14.8.